The van der Waals surface area contributed by atoms with Gasteiger partial charge in [0.05, 0.1) is 5.92 Å². The van der Waals surface area contributed by atoms with Crippen molar-refractivity contribution in [3.05, 3.63) is 12.2 Å². The van der Waals surface area contributed by atoms with Crippen LogP contribution in [0.1, 0.15) is 45.4 Å². The predicted octanol–water partition coefficient (Wildman–Crippen LogP) is 3.10. The third-order valence-corrected chi connectivity index (χ3v) is 4.28. The lowest BCUT2D eigenvalue weighted by molar-refractivity contribution is -0.143. The van der Waals surface area contributed by atoms with Gasteiger partial charge in [0.25, 0.3) is 0 Å². The van der Waals surface area contributed by atoms with E-state index in [4.69, 9.17) is 9.90 Å². The molecule has 5 nitrogen and oxygen atoms in total. The number of nitrogens with two attached hydrogens (primary N) is 1. The molecule has 1 amide bonds. The first-order chi connectivity index (χ1) is 9.49. The number of carboxylic acid groups (broad SMARTS) is 2. The standard InChI is InChI=1S/C14H22O2.CH3NO2/c1-2-7-12(14(15)16)13-10-8-5-3-4-6-9-11(10)13;2-1(3)4/h3-4,10-13H,2,5-9H2,1H3,(H,15,16);2H2,(H,3,4)/b4-3+;/t10-,11+,12?,13+;. The van der Waals surface area contributed by atoms with Crippen molar-refractivity contribution >= 4 is 12.1 Å². The fourth-order valence-electron chi connectivity index (χ4n) is 3.49. The molecule has 0 radical (unpaired) electrons. The van der Waals surface area contributed by atoms with Gasteiger partial charge in [-0.15, -0.1) is 0 Å². The first-order valence-corrected chi connectivity index (χ1v) is 7.35. The lowest BCUT2D eigenvalue weighted by Crippen LogP contribution is -2.17. The van der Waals surface area contributed by atoms with Crippen molar-refractivity contribution in [1.29, 1.82) is 0 Å². The van der Waals surface area contributed by atoms with Crippen molar-refractivity contribution in [1.82, 2.24) is 0 Å². The second-order valence-corrected chi connectivity index (χ2v) is 5.60. The van der Waals surface area contributed by atoms with Crippen LogP contribution in [0.3, 0.4) is 0 Å². The second-order valence-electron chi connectivity index (χ2n) is 5.60. The Morgan fingerprint density at radius 3 is 2.00 bits per heavy atom. The van der Waals surface area contributed by atoms with Gasteiger partial charge in [0, 0.05) is 0 Å². The van der Waals surface area contributed by atoms with Crippen LogP contribution in [-0.4, -0.2) is 22.3 Å². The number of hydrogen-bond donors (Lipinski definition) is 3. The number of carbonyl (C=O) groups is 2. The molecule has 0 spiro atoms. The van der Waals surface area contributed by atoms with Gasteiger partial charge < -0.3 is 15.9 Å². The normalized spacial score (nSPS) is 30.6. The highest BCUT2D eigenvalue weighted by atomic mass is 16.4. The highest BCUT2D eigenvalue weighted by Gasteiger charge is 2.54. The monoisotopic (exact) mass is 283 g/mol. The number of primary amides is 1. The lowest BCUT2D eigenvalue weighted by atomic mass is 9.95. The zero-order valence-corrected chi connectivity index (χ0v) is 12.0. The first-order valence-electron chi connectivity index (χ1n) is 7.35. The summed E-state index contributed by atoms with van der Waals surface area (Å²) < 4.78 is 0. The highest BCUT2D eigenvalue weighted by Crippen LogP contribution is 2.57. The van der Waals surface area contributed by atoms with Gasteiger partial charge in [-0.05, 0) is 49.9 Å². The van der Waals surface area contributed by atoms with Gasteiger partial charge in [0.2, 0.25) is 0 Å². The Balaban J connectivity index is 0.000000444. The van der Waals surface area contributed by atoms with E-state index in [9.17, 15) is 9.90 Å². The molecule has 4 atom stereocenters. The summed E-state index contributed by atoms with van der Waals surface area (Å²) in [5, 5.41) is 16.5. The summed E-state index contributed by atoms with van der Waals surface area (Å²) in [4.78, 5) is 20.0. The van der Waals surface area contributed by atoms with Gasteiger partial charge in [-0.2, -0.15) is 0 Å². The topological polar surface area (TPSA) is 101 Å². The fraction of sp³-hybridized carbons (Fsp3) is 0.733. The van der Waals surface area contributed by atoms with E-state index in [2.05, 4.69) is 24.8 Å². The summed E-state index contributed by atoms with van der Waals surface area (Å²) in [7, 11) is 0. The molecule has 2 rings (SSSR count). The summed E-state index contributed by atoms with van der Waals surface area (Å²) in [6.45, 7) is 2.09. The summed E-state index contributed by atoms with van der Waals surface area (Å²) in [6.07, 6.45) is 9.76. The van der Waals surface area contributed by atoms with E-state index in [1.54, 1.807) is 0 Å². The minimum absolute atomic E-state index is 0.0712. The maximum absolute atomic E-state index is 11.3. The Bertz CT molecular complexity index is 347. The van der Waals surface area contributed by atoms with Crippen LogP contribution in [0.2, 0.25) is 0 Å². The van der Waals surface area contributed by atoms with Gasteiger partial charge >= 0.3 is 12.1 Å². The SMILES string of the molecule is CCCC(C(=O)O)[C@H]1[C@@H]2CC/C=C/CC[C@@H]21.NC(=O)O. The molecule has 0 aromatic carbocycles. The Kier molecular flexibility index (Phi) is 6.55. The van der Waals surface area contributed by atoms with Crippen molar-refractivity contribution in [2.24, 2.45) is 29.4 Å². The van der Waals surface area contributed by atoms with Crippen molar-refractivity contribution in [3.8, 4) is 0 Å². The van der Waals surface area contributed by atoms with Crippen LogP contribution in [0, 0.1) is 23.7 Å². The number of fused-ring (bicyclic) bond motifs is 1. The summed E-state index contributed by atoms with van der Waals surface area (Å²) in [5.74, 6) is 1.26. The first kappa shape index (κ1) is 16.5. The average molecular weight is 283 g/mol. The minimum atomic E-state index is -1.33. The van der Waals surface area contributed by atoms with E-state index in [-0.39, 0.29) is 5.92 Å². The van der Waals surface area contributed by atoms with Crippen LogP contribution < -0.4 is 5.73 Å². The van der Waals surface area contributed by atoms with Crippen LogP contribution in [0.25, 0.3) is 0 Å². The quantitative estimate of drug-likeness (QED) is 0.690. The van der Waals surface area contributed by atoms with Gasteiger partial charge in [-0.25, -0.2) is 4.79 Å². The molecule has 2 aliphatic carbocycles. The number of allylic oxidation sites excluding steroid dienone is 2. The summed E-state index contributed by atoms with van der Waals surface area (Å²) in [6, 6.07) is 0. The smallest absolute Gasteiger partial charge is 0.402 e. The van der Waals surface area contributed by atoms with Crippen LogP contribution in [0.15, 0.2) is 12.2 Å². The molecule has 0 aromatic rings. The molecule has 1 fully saturated rings. The summed E-state index contributed by atoms with van der Waals surface area (Å²) >= 11 is 0. The third-order valence-electron chi connectivity index (χ3n) is 4.28. The lowest BCUT2D eigenvalue weighted by Gasteiger charge is -2.10. The van der Waals surface area contributed by atoms with Gasteiger partial charge in [-0.3, -0.25) is 4.79 Å². The van der Waals surface area contributed by atoms with Crippen LogP contribution in [0.5, 0.6) is 0 Å². The Hall–Kier alpha value is -1.52. The number of rotatable bonds is 4. The van der Waals surface area contributed by atoms with Gasteiger partial charge in [0.1, 0.15) is 0 Å². The molecule has 1 unspecified atom stereocenters. The molecule has 114 valence electrons. The predicted molar refractivity (Wildman–Crippen MR) is 76.3 cm³/mol. The molecule has 0 bridgehead atoms. The number of aliphatic carboxylic acids is 1. The molecule has 0 saturated heterocycles. The molecule has 0 heterocycles. The van der Waals surface area contributed by atoms with Crippen molar-refractivity contribution < 1.29 is 19.8 Å². The number of hydrogen-bond acceptors (Lipinski definition) is 2. The Morgan fingerprint density at radius 1 is 1.20 bits per heavy atom. The zero-order valence-electron chi connectivity index (χ0n) is 12.0. The molecule has 0 aromatic heterocycles. The second kappa shape index (κ2) is 7.92. The summed E-state index contributed by atoms with van der Waals surface area (Å²) in [5.41, 5.74) is 4.03. The van der Waals surface area contributed by atoms with E-state index in [1.165, 1.54) is 12.8 Å². The van der Waals surface area contributed by atoms with Crippen LogP contribution >= 0.6 is 0 Å². The fourth-order valence-corrected chi connectivity index (χ4v) is 3.49. The molecule has 0 aliphatic heterocycles. The molecular formula is C15H25NO4. The molecule has 2 aliphatic rings. The van der Waals surface area contributed by atoms with Crippen molar-refractivity contribution in [2.45, 2.75) is 45.4 Å². The van der Waals surface area contributed by atoms with E-state index < -0.39 is 12.1 Å². The van der Waals surface area contributed by atoms with E-state index in [1.807, 2.05) is 0 Å². The van der Waals surface area contributed by atoms with E-state index in [0.29, 0.717) is 17.8 Å². The van der Waals surface area contributed by atoms with Crippen LogP contribution in [0.4, 0.5) is 4.79 Å². The third kappa shape index (κ3) is 4.87. The van der Waals surface area contributed by atoms with E-state index >= 15 is 0 Å². The largest absolute Gasteiger partial charge is 0.481 e. The zero-order chi connectivity index (χ0) is 15.1. The van der Waals surface area contributed by atoms with E-state index in [0.717, 1.165) is 25.7 Å². The Labute approximate surface area is 119 Å². The minimum Gasteiger partial charge on any atom is -0.481 e. The Morgan fingerprint density at radius 2 is 1.65 bits per heavy atom. The average Bonchev–Trinajstić information content (AvgIpc) is 2.95. The molecule has 1 saturated carbocycles. The maximum atomic E-state index is 11.3. The molecule has 5 heteroatoms. The molecular weight excluding hydrogens is 258 g/mol. The number of carboxylic acids is 1. The molecule has 20 heavy (non-hydrogen) atoms. The maximum Gasteiger partial charge on any atom is 0.402 e. The van der Waals surface area contributed by atoms with Crippen molar-refractivity contribution in [3.63, 3.8) is 0 Å². The van der Waals surface area contributed by atoms with Crippen molar-refractivity contribution in [2.75, 3.05) is 0 Å². The number of amides is 1. The van der Waals surface area contributed by atoms with Gasteiger partial charge in [0.15, 0.2) is 0 Å². The highest BCUT2D eigenvalue weighted by molar-refractivity contribution is 5.71. The van der Waals surface area contributed by atoms with Crippen LogP contribution in [-0.2, 0) is 4.79 Å². The van der Waals surface area contributed by atoms with Gasteiger partial charge in [-0.1, -0.05) is 25.5 Å². The molecule has 4 N–H and O–H groups in total.